The molecule has 12 heavy (non-hydrogen) atoms. The third kappa shape index (κ3) is 2.39. The van der Waals surface area contributed by atoms with Gasteiger partial charge < -0.3 is 15.8 Å². The molecule has 1 rings (SSSR count). The lowest BCUT2D eigenvalue weighted by molar-refractivity contribution is 0.170. The topological polar surface area (TPSA) is 77.2 Å². The van der Waals surface area contributed by atoms with Crippen LogP contribution in [-0.2, 0) is 11.3 Å². The molecule has 0 saturated carbocycles. The molecule has 1 amide bonds. The molecule has 0 aromatic carbocycles. The van der Waals surface area contributed by atoms with E-state index in [9.17, 15) is 4.79 Å². The number of nitrogens with one attached hydrogen (secondary N) is 1. The zero-order chi connectivity index (χ0) is 8.97. The van der Waals surface area contributed by atoms with Gasteiger partial charge in [-0.3, -0.25) is 0 Å². The van der Waals surface area contributed by atoms with E-state index < -0.39 is 6.09 Å². The summed E-state index contributed by atoms with van der Waals surface area (Å²) in [6, 6.07) is 0. The maximum atomic E-state index is 10.6. The van der Waals surface area contributed by atoms with Crippen molar-refractivity contribution in [3.05, 3.63) is 11.1 Å². The number of carbonyl (C=O) groups excluding carboxylic acids is 1. The molecule has 1 aromatic rings. The number of methoxy groups -OCH3 is 1. The van der Waals surface area contributed by atoms with Crippen LogP contribution in [0.5, 0.6) is 0 Å². The number of nitrogens with two attached hydrogens (primary N) is 1. The highest BCUT2D eigenvalue weighted by atomic mass is 32.1. The van der Waals surface area contributed by atoms with Gasteiger partial charge in [-0.15, -0.1) is 11.3 Å². The molecule has 1 aromatic heterocycles. The molecule has 0 aliphatic rings. The van der Waals surface area contributed by atoms with Crippen LogP contribution >= 0.6 is 11.3 Å². The number of anilines is 1. The second-order valence-corrected chi connectivity index (χ2v) is 3.16. The van der Waals surface area contributed by atoms with Crippen LogP contribution in [-0.4, -0.2) is 18.2 Å². The zero-order valence-electron chi connectivity index (χ0n) is 6.53. The summed E-state index contributed by atoms with van der Waals surface area (Å²) in [5, 5.41) is 3.01. The molecule has 3 N–H and O–H groups in total. The predicted octanol–water partition coefficient (Wildman–Crippen LogP) is 0.581. The first kappa shape index (κ1) is 8.79. The molecule has 0 unspecified atom stereocenters. The molecule has 0 spiro atoms. The number of alkyl carbamates (subject to hydrolysis) is 1. The molecule has 1 heterocycles. The molecule has 0 fully saturated rings. The molecular formula is C6H9N3O2S. The fourth-order valence-corrected chi connectivity index (χ4v) is 1.26. The summed E-state index contributed by atoms with van der Waals surface area (Å²) in [6.45, 7) is 0.404. The number of nitrogens with zero attached hydrogens (tertiary/aromatic N) is 1. The van der Waals surface area contributed by atoms with E-state index in [1.165, 1.54) is 18.4 Å². The van der Waals surface area contributed by atoms with E-state index in [-0.39, 0.29) is 0 Å². The van der Waals surface area contributed by atoms with Gasteiger partial charge in [0.15, 0.2) is 5.13 Å². The van der Waals surface area contributed by atoms with Crippen molar-refractivity contribution in [2.24, 2.45) is 0 Å². The van der Waals surface area contributed by atoms with Crippen molar-refractivity contribution in [1.29, 1.82) is 0 Å². The summed E-state index contributed by atoms with van der Waals surface area (Å²) in [5.74, 6) is 0. The predicted molar refractivity (Wildman–Crippen MR) is 45.8 cm³/mol. The number of ether oxygens (including phenoxy) is 1. The Balaban J connectivity index is 2.38. The lowest BCUT2D eigenvalue weighted by Gasteiger charge is -1.99. The van der Waals surface area contributed by atoms with Crippen LogP contribution in [0.15, 0.2) is 6.20 Å². The van der Waals surface area contributed by atoms with Gasteiger partial charge in [0.1, 0.15) is 0 Å². The molecule has 6 heteroatoms. The third-order valence-electron chi connectivity index (χ3n) is 1.16. The lowest BCUT2D eigenvalue weighted by Crippen LogP contribution is -2.21. The van der Waals surface area contributed by atoms with Gasteiger partial charge in [0.25, 0.3) is 0 Å². The number of hydrogen-bond donors (Lipinski definition) is 2. The minimum Gasteiger partial charge on any atom is -0.453 e. The zero-order valence-corrected chi connectivity index (χ0v) is 7.35. The molecule has 0 saturated heterocycles. The Morgan fingerprint density at radius 1 is 1.92 bits per heavy atom. The summed E-state index contributed by atoms with van der Waals surface area (Å²) in [5.41, 5.74) is 5.38. The number of rotatable bonds is 2. The second kappa shape index (κ2) is 3.91. The van der Waals surface area contributed by atoms with E-state index in [0.717, 1.165) is 4.88 Å². The van der Waals surface area contributed by atoms with Gasteiger partial charge in [-0.05, 0) is 0 Å². The second-order valence-electron chi connectivity index (χ2n) is 2.01. The summed E-state index contributed by atoms with van der Waals surface area (Å²) in [4.78, 5) is 15.3. The summed E-state index contributed by atoms with van der Waals surface area (Å²) >= 11 is 1.34. The molecule has 66 valence electrons. The first-order valence-corrected chi connectivity index (χ1v) is 4.06. The number of carbonyl (C=O) groups is 1. The number of hydrogen-bond acceptors (Lipinski definition) is 5. The van der Waals surface area contributed by atoms with Crippen molar-refractivity contribution < 1.29 is 9.53 Å². The SMILES string of the molecule is COC(=O)NCc1cnc(N)s1. The van der Waals surface area contributed by atoms with Crippen LogP contribution in [0.3, 0.4) is 0 Å². The number of nitrogen functional groups attached to an aromatic ring is 1. The minimum absolute atomic E-state index is 0.404. The van der Waals surface area contributed by atoms with Crippen LogP contribution in [0.1, 0.15) is 4.88 Å². The highest BCUT2D eigenvalue weighted by Gasteiger charge is 2.01. The average Bonchev–Trinajstić information content (AvgIpc) is 2.47. The van der Waals surface area contributed by atoms with Gasteiger partial charge in [0, 0.05) is 11.1 Å². The van der Waals surface area contributed by atoms with Gasteiger partial charge in [-0.2, -0.15) is 0 Å². The molecular weight excluding hydrogens is 178 g/mol. The molecule has 0 bridgehead atoms. The van der Waals surface area contributed by atoms with Crippen LogP contribution in [0.2, 0.25) is 0 Å². The van der Waals surface area contributed by atoms with E-state index in [1.54, 1.807) is 6.20 Å². The molecule has 5 nitrogen and oxygen atoms in total. The van der Waals surface area contributed by atoms with E-state index >= 15 is 0 Å². The van der Waals surface area contributed by atoms with Crippen LogP contribution in [0, 0.1) is 0 Å². The fraction of sp³-hybridized carbons (Fsp3) is 0.333. The van der Waals surface area contributed by atoms with Crippen molar-refractivity contribution >= 4 is 22.6 Å². The number of amides is 1. The average molecular weight is 187 g/mol. The first-order valence-electron chi connectivity index (χ1n) is 3.24. The molecule has 0 radical (unpaired) electrons. The van der Waals surface area contributed by atoms with Crippen LogP contribution in [0.25, 0.3) is 0 Å². The first-order chi connectivity index (χ1) is 5.72. The van der Waals surface area contributed by atoms with Crippen molar-refractivity contribution in [2.75, 3.05) is 12.8 Å². The van der Waals surface area contributed by atoms with Gasteiger partial charge >= 0.3 is 6.09 Å². The molecule has 0 atom stereocenters. The van der Waals surface area contributed by atoms with Crippen molar-refractivity contribution in [3.8, 4) is 0 Å². The summed E-state index contributed by atoms with van der Waals surface area (Å²) in [6.07, 6.45) is 1.16. The largest absolute Gasteiger partial charge is 0.453 e. The van der Waals surface area contributed by atoms with Crippen LogP contribution < -0.4 is 11.1 Å². The number of aromatic nitrogens is 1. The Morgan fingerprint density at radius 3 is 3.17 bits per heavy atom. The van der Waals surface area contributed by atoms with Gasteiger partial charge in [0.05, 0.1) is 13.7 Å². The van der Waals surface area contributed by atoms with Gasteiger partial charge in [0.2, 0.25) is 0 Å². The van der Waals surface area contributed by atoms with E-state index in [2.05, 4.69) is 15.0 Å². The van der Waals surface area contributed by atoms with Crippen molar-refractivity contribution in [2.45, 2.75) is 6.54 Å². The minimum atomic E-state index is -0.457. The monoisotopic (exact) mass is 187 g/mol. The summed E-state index contributed by atoms with van der Waals surface area (Å²) in [7, 11) is 1.32. The summed E-state index contributed by atoms with van der Waals surface area (Å²) < 4.78 is 4.38. The van der Waals surface area contributed by atoms with Gasteiger partial charge in [-0.1, -0.05) is 0 Å². The Labute approximate surface area is 73.6 Å². The van der Waals surface area contributed by atoms with E-state index in [4.69, 9.17) is 5.73 Å². The highest BCUT2D eigenvalue weighted by molar-refractivity contribution is 7.15. The van der Waals surface area contributed by atoms with E-state index in [0.29, 0.717) is 11.7 Å². The quantitative estimate of drug-likeness (QED) is 0.710. The fourth-order valence-electron chi connectivity index (χ4n) is 0.636. The third-order valence-corrected chi connectivity index (χ3v) is 1.99. The Kier molecular flexibility index (Phi) is 2.87. The maximum absolute atomic E-state index is 10.6. The van der Waals surface area contributed by atoms with E-state index in [1.807, 2.05) is 0 Å². The normalized spacial score (nSPS) is 9.42. The Bertz CT molecular complexity index is 274. The highest BCUT2D eigenvalue weighted by Crippen LogP contribution is 2.13. The smallest absolute Gasteiger partial charge is 0.407 e. The molecule has 0 aliphatic heterocycles. The van der Waals surface area contributed by atoms with Crippen molar-refractivity contribution in [1.82, 2.24) is 10.3 Å². The van der Waals surface area contributed by atoms with Crippen molar-refractivity contribution in [3.63, 3.8) is 0 Å². The maximum Gasteiger partial charge on any atom is 0.407 e. The van der Waals surface area contributed by atoms with Gasteiger partial charge in [-0.25, -0.2) is 9.78 Å². The standard InChI is InChI=1S/C6H9N3O2S/c1-11-6(10)9-3-4-2-8-5(7)12-4/h2H,3H2,1H3,(H2,7,8)(H,9,10). The number of thiazole rings is 1. The Morgan fingerprint density at radius 2 is 2.67 bits per heavy atom. The molecule has 0 aliphatic carbocycles. The van der Waals surface area contributed by atoms with Crippen LogP contribution in [0.4, 0.5) is 9.93 Å². The Hall–Kier alpha value is -1.30. The lowest BCUT2D eigenvalue weighted by atomic mass is 10.5.